The van der Waals surface area contributed by atoms with E-state index in [4.69, 9.17) is 5.26 Å². The summed E-state index contributed by atoms with van der Waals surface area (Å²) in [5, 5.41) is 8.72. The number of rotatable bonds is 5. The highest BCUT2D eigenvalue weighted by Gasteiger charge is 2.13. The van der Waals surface area contributed by atoms with Crippen LogP contribution in [0.1, 0.15) is 11.3 Å². The summed E-state index contributed by atoms with van der Waals surface area (Å²) in [6.07, 6.45) is 0.328. The summed E-state index contributed by atoms with van der Waals surface area (Å²) in [6.45, 7) is 1.91. The number of H-pyrrole nitrogens is 1. The second-order valence-corrected chi connectivity index (χ2v) is 7.41. The van der Waals surface area contributed by atoms with Crippen LogP contribution in [0.25, 0.3) is 11.3 Å². The van der Waals surface area contributed by atoms with E-state index in [9.17, 15) is 8.42 Å². The summed E-state index contributed by atoms with van der Waals surface area (Å²) in [5.41, 5.74) is 4.15. The van der Waals surface area contributed by atoms with E-state index < -0.39 is 10.0 Å². The highest BCUT2D eigenvalue weighted by atomic mass is 32.2. The number of nitrogens with zero attached hydrogens (tertiary/aromatic N) is 1. The summed E-state index contributed by atoms with van der Waals surface area (Å²) >= 11 is 0. The van der Waals surface area contributed by atoms with Gasteiger partial charge in [-0.15, -0.1) is 0 Å². The Morgan fingerprint density at radius 2 is 1.68 bits per heavy atom. The van der Waals surface area contributed by atoms with Crippen molar-refractivity contribution in [2.24, 2.45) is 0 Å². The minimum atomic E-state index is -3.60. The van der Waals surface area contributed by atoms with Crippen molar-refractivity contribution in [2.75, 3.05) is 4.72 Å². The number of nitrogens with one attached hydrogen (secondary N) is 2. The number of benzene rings is 2. The lowest BCUT2D eigenvalue weighted by atomic mass is 10.1. The van der Waals surface area contributed by atoms with Crippen LogP contribution < -0.4 is 4.72 Å². The number of aryl methyl sites for hydroxylation is 1. The van der Waals surface area contributed by atoms with E-state index in [0.717, 1.165) is 22.5 Å². The van der Waals surface area contributed by atoms with E-state index in [1.54, 1.807) is 36.4 Å². The first-order valence-electron chi connectivity index (χ1n) is 7.73. The minimum absolute atomic E-state index is 0.229. The fourth-order valence-corrected chi connectivity index (χ4v) is 3.50. The van der Waals surface area contributed by atoms with E-state index in [0.29, 0.717) is 12.1 Å². The molecule has 0 unspecified atom stereocenters. The van der Waals surface area contributed by atoms with Crippen molar-refractivity contribution >= 4 is 15.7 Å². The van der Waals surface area contributed by atoms with Gasteiger partial charge in [-0.25, -0.2) is 8.42 Å². The molecule has 0 bridgehead atoms. The van der Waals surface area contributed by atoms with Crippen molar-refractivity contribution in [2.45, 2.75) is 18.2 Å². The average Bonchev–Trinajstić information content (AvgIpc) is 3.05. The first-order chi connectivity index (χ1) is 12.0. The second kappa shape index (κ2) is 6.83. The average molecular weight is 351 g/mol. The summed E-state index contributed by atoms with van der Waals surface area (Å²) < 4.78 is 27.4. The van der Waals surface area contributed by atoms with Crippen molar-refractivity contribution in [3.8, 4) is 17.3 Å². The van der Waals surface area contributed by atoms with Crippen LogP contribution in [-0.2, 0) is 16.4 Å². The standard InChI is InChI=1S/C19H17N3O2S/c1-14-2-9-18(10-3-14)25(23,24)22-17-6-4-15(5-7-17)19-11-8-16(21-19)12-13-20/h2-11,21-22H,12H2,1H3. The molecule has 0 atom stereocenters. The van der Waals surface area contributed by atoms with Gasteiger partial charge in [0.25, 0.3) is 10.0 Å². The van der Waals surface area contributed by atoms with E-state index in [2.05, 4.69) is 15.8 Å². The molecule has 0 aliphatic carbocycles. The van der Waals surface area contributed by atoms with Crippen LogP contribution in [0, 0.1) is 18.3 Å². The Labute approximate surface area is 147 Å². The van der Waals surface area contributed by atoms with Crippen molar-refractivity contribution in [3.05, 3.63) is 71.9 Å². The molecule has 0 amide bonds. The summed E-state index contributed by atoms with van der Waals surface area (Å²) in [4.78, 5) is 3.40. The quantitative estimate of drug-likeness (QED) is 0.732. The number of hydrogen-bond donors (Lipinski definition) is 2. The lowest BCUT2D eigenvalue weighted by molar-refractivity contribution is 0.601. The van der Waals surface area contributed by atoms with Gasteiger partial charge in [0, 0.05) is 17.1 Å². The molecule has 0 aliphatic rings. The maximum absolute atomic E-state index is 12.4. The van der Waals surface area contributed by atoms with Crippen LogP contribution in [0.5, 0.6) is 0 Å². The molecule has 0 spiro atoms. The Balaban J connectivity index is 1.78. The van der Waals surface area contributed by atoms with Crippen LogP contribution >= 0.6 is 0 Å². The SMILES string of the molecule is Cc1ccc(S(=O)(=O)Nc2ccc(-c3ccc(CC#N)[nH]3)cc2)cc1. The number of hydrogen-bond acceptors (Lipinski definition) is 3. The minimum Gasteiger partial charge on any atom is -0.358 e. The number of aromatic nitrogens is 1. The van der Waals surface area contributed by atoms with Gasteiger partial charge in [-0.2, -0.15) is 5.26 Å². The molecule has 0 saturated heterocycles. The third kappa shape index (κ3) is 3.90. The molecule has 0 saturated carbocycles. The van der Waals surface area contributed by atoms with Gasteiger partial charge in [-0.05, 0) is 48.9 Å². The molecule has 6 heteroatoms. The number of anilines is 1. The monoisotopic (exact) mass is 351 g/mol. The molecule has 2 aromatic carbocycles. The normalized spacial score (nSPS) is 11.0. The molecule has 1 aromatic heterocycles. The molecule has 1 heterocycles. The molecule has 25 heavy (non-hydrogen) atoms. The topological polar surface area (TPSA) is 85.8 Å². The third-order valence-electron chi connectivity index (χ3n) is 3.80. The van der Waals surface area contributed by atoms with E-state index in [1.807, 2.05) is 31.2 Å². The lowest BCUT2D eigenvalue weighted by Gasteiger charge is -2.09. The fraction of sp³-hybridized carbons (Fsp3) is 0.105. The number of nitriles is 1. The second-order valence-electron chi connectivity index (χ2n) is 5.73. The van der Waals surface area contributed by atoms with Crippen LogP contribution in [0.15, 0.2) is 65.6 Å². The predicted molar refractivity (Wildman–Crippen MR) is 97.5 cm³/mol. The van der Waals surface area contributed by atoms with E-state index >= 15 is 0 Å². The van der Waals surface area contributed by atoms with Crippen molar-refractivity contribution < 1.29 is 8.42 Å². The zero-order valence-corrected chi connectivity index (χ0v) is 14.5. The molecule has 0 fully saturated rings. The highest BCUT2D eigenvalue weighted by Crippen LogP contribution is 2.23. The molecular formula is C19H17N3O2S. The predicted octanol–water partition coefficient (Wildman–Crippen LogP) is 3.86. The Bertz CT molecular complexity index is 1010. The summed E-state index contributed by atoms with van der Waals surface area (Å²) in [7, 11) is -3.60. The van der Waals surface area contributed by atoms with Gasteiger partial charge in [-0.1, -0.05) is 29.8 Å². The summed E-state index contributed by atoms with van der Waals surface area (Å²) in [6, 6.07) is 19.6. The molecular weight excluding hydrogens is 334 g/mol. The van der Waals surface area contributed by atoms with Crippen molar-refractivity contribution in [3.63, 3.8) is 0 Å². The van der Waals surface area contributed by atoms with Gasteiger partial charge in [0.1, 0.15) is 0 Å². The van der Waals surface area contributed by atoms with Gasteiger partial charge < -0.3 is 4.98 Å². The first kappa shape index (κ1) is 16.8. The maximum atomic E-state index is 12.4. The molecule has 3 aromatic rings. The maximum Gasteiger partial charge on any atom is 0.261 e. The zero-order valence-electron chi connectivity index (χ0n) is 13.7. The Morgan fingerprint density at radius 3 is 2.32 bits per heavy atom. The lowest BCUT2D eigenvalue weighted by Crippen LogP contribution is -2.12. The summed E-state index contributed by atoms with van der Waals surface area (Å²) in [5.74, 6) is 0. The molecule has 3 rings (SSSR count). The first-order valence-corrected chi connectivity index (χ1v) is 9.21. The fourth-order valence-electron chi connectivity index (χ4n) is 2.45. The largest absolute Gasteiger partial charge is 0.358 e. The van der Waals surface area contributed by atoms with Gasteiger partial charge in [0.15, 0.2) is 0 Å². The van der Waals surface area contributed by atoms with Crippen LogP contribution in [0.4, 0.5) is 5.69 Å². The van der Waals surface area contributed by atoms with Crippen molar-refractivity contribution in [1.29, 1.82) is 5.26 Å². The van der Waals surface area contributed by atoms with Crippen LogP contribution in [0.2, 0.25) is 0 Å². The van der Waals surface area contributed by atoms with Crippen LogP contribution in [-0.4, -0.2) is 13.4 Å². The smallest absolute Gasteiger partial charge is 0.261 e. The van der Waals surface area contributed by atoms with Crippen molar-refractivity contribution in [1.82, 2.24) is 4.98 Å². The van der Waals surface area contributed by atoms with Crippen LogP contribution in [0.3, 0.4) is 0 Å². The molecule has 5 nitrogen and oxygen atoms in total. The zero-order chi connectivity index (χ0) is 17.9. The Kier molecular flexibility index (Phi) is 4.59. The number of aromatic amines is 1. The van der Waals surface area contributed by atoms with Gasteiger partial charge >= 0.3 is 0 Å². The Morgan fingerprint density at radius 1 is 1.00 bits per heavy atom. The van der Waals surface area contributed by atoms with Gasteiger partial charge in [0.2, 0.25) is 0 Å². The van der Waals surface area contributed by atoms with E-state index in [-0.39, 0.29) is 4.90 Å². The Hall–Kier alpha value is -3.04. The molecule has 126 valence electrons. The highest BCUT2D eigenvalue weighted by molar-refractivity contribution is 7.92. The van der Waals surface area contributed by atoms with Gasteiger partial charge in [0.05, 0.1) is 17.4 Å². The molecule has 2 N–H and O–H groups in total. The molecule has 0 radical (unpaired) electrons. The third-order valence-corrected chi connectivity index (χ3v) is 5.19. The van der Waals surface area contributed by atoms with Gasteiger partial charge in [-0.3, -0.25) is 4.72 Å². The van der Waals surface area contributed by atoms with E-state index in [1.165, 1.54) is 0 Å². The molecule has 0 aliphatic heterocycles. The number of sulfonamides is 1.